The van der Waals surface area contributed by atoms with Gasteiger partial charge in [0.05, 0.1) is 0 Å². The van der Waals surface area contributed by atoms with E-state index in [2.05, 4.69) is 4.72 Å². The Balaban J connectivity index is 2.75. The van der Waals surface area contributed by atoms with Gasteiger partial charge in [-0.3, -0.25) is 9.52 Å². The lowest BCUT2D eigenvalue weighted by Gasteiger charge is -2.17. The van der Waals surface area contributed by atoms with E-state index >= 15 is 0 Å². The number of nitrogens with zero attached hydrogens (tertiary/aromatic N) is 1. The van der Waals surface area contributed by atoms with Crippen molar-refractivity contribution < 1.29 is 13.2 Å². The highest BCUT2D eigenvalue weighted by Gasteiger charge is 2.16. The second-order valence-electron chi connectivity index (χ2n) is 4.01. The molecule has 0 bridgehead atoms. The van der Waals surface area contributed by atoms with Crippen molar-refractivity contribution in [2.24, 2.45) is 11.5 Å². The Bertz CT molecular complexity index is 527. The molecule has 0 aliphatic carbocycles. The Kier molecular flexibility index (Phi) is 5.28. The molecule has 0 saturated heterocycles. The molecule has 0 saturated carbocycles. The van der Waals surface area contributed by atoms with Gasteiger partial charge in [0.2, 0.25) is 5.91 Å². The van der Waals surface area contributed by atoms with E-state index < -0.39 is 16.1 Å². The fourth-order valence-electron chi connectivity index (χ4n) is 1.36. The molecule has 0 unspecified atom stereocenters. The van der Waals surface area contributed by atoms with Gasteiger partial charge in [-0.1, -0.05) is 0 Å². The number of hydrogen-bond donors (Lipinski definition) is 3. The molecule has 0 atom stereocenters. The van der Waals surface area contributed by atoms with E-state index in [0.717, 1.165) is 0 Å². The van der Waals surface area contributed by atoms with Crippen molar-refractivity contribution in [3.8, 4) is 0 Å². The number of rotatable bonds is 7. The van der Waals surface area contributed by atoms with Crippen LogP contribution in [0.4, 0.5) is 5.69 Å². The van der Waals surface area contributed by atoms with Crippen molar-refractivity contribution >= 4 is 21.8 Å². The lowest BCUT2D eigenvalue weighted by Crippen LogP contribution is -2.34. The second-order valence-corrected chi connectivity index (χ2v) is 5.79. The molecular weight excluding hydrogens is 268 g/mol. The fourth-order valence-corrected chi connectivity index (χ4v) is 2.32. The first kappa shape index (κ1) is 15.4. The number of amides is 1. The van der Waals surface area contributed by atoms with Crippen molar-refractivity contribution in [1.29, 1.82) is 0 Å². The third-order valence-corrected chi connectivity index (χ3v) is 4.00. The van der Waals surface area contributed by atoms with Gasteiger partial charge in [0.1, 0.15) is 0 Å². The maximum atomic E-state index is 11.9. The Labute approximate surface area is 112 Å². The van der Waals surface area contributed by atoms with Crippen LogP contribution in [0.5, 0.6) is 0 Å². The van der Waals surface area contributed by atoms with Crippen molar-refractivity contribution in [3.63, 3.8) is 0 Å². The van der Waals surface area contributed by atoms with Gasteiger partial charge in [-0.15, -0.1) is 0 Å². The van der Waals surface area contributed by atoms with Gasteiger partial charge in [0, 0.05) is 24.8 Å². The number of nitrogens with one attached hydrogen (secondary N) is 1. The minimum Gasteiger partial charge on any atom is -0.366 e. The van der Waals surface area contributed by atoms with E-state index in [1.54, 1.807) is 0 Å². The van der Waals surface area contributed by atoms with Gasteiger partial charge < -0.3 is 11.5 Å². The molecule has 0 heterocycles. The Morgan fingerprint density at radius 1 is 1.32 bits per heavy atom. The second kappa shape index (κ2) is 6.50. The first-order chi connectivity index (χ1) is 8.86. The quantitative estimate of drug-likeness (QED) is 0.639. The van der Waals surface area contributed by atoms with Crippen LogP contribution in [0.15, 0.2) is 24.3 Å². The van der Waals surface area contributed by atoms with Crippen molar-refractivity contribution in [1.82, 2.24) is 4.31 Å². The normalized spacial score (nSPS) is 11.5. The molecule has 1 rings (SSSR count). The molecular formula is C11H18N4O3S. The standard InChI is InChI=1S/C11H18N4O3S/c1-15(8-2-7-12)19(17,18)14-10-5-3-9(4-6-10)11(13)16/h3-6,14H,2,7-8,12H2,1H3,(H2,13,16). The predicted octanol–water partition coefficient (Wildman–Crippen LogP) is -0.277. The van der Waals surface area contributed by atoms with E-state index in [1.165, 1.54) is 35.6 Å². The number of primary amides is 1. The van der Waals surface area contributed by atoms with Gasteiger partial charge >= 0.3 is 10.2 Å². The monoisotopic (exact) mass is 286 g/mol. The van der Waals surface area contributed by atoms with Gasteiger partial charge in [-0.25, -0.2) is 0 Å². The maximum Gasteiger partial charge on any atom is 0.301 e. The van der Waals surface area contributed by atoms with Gasteiger partial charge in [-0.05, 0) is 37.2 Å². The molecule has 0 aliphatic heterocycles. The average molecular weight is 286 g/mol. The lowest BCUT2D eigenvalue weighted by molar-refractivity contribution is 0.100. The molecule has 1 aromatic carbocycles. The molecule has 0 fully saturated rings. The molecule has 1 aromatic rings. The number of benzene rings is 1. The highest BCUT2D eigenvalue weighted by atomic mass is 32.2. The van der Waals surface area contributed by atoms with E-state index in [9.17, 15) is 13.2 Å². The number of nitrogens with two attached hydrogens (primary N) is 2. The number of hydrogen-bond acceptors (Lipinski definition) is 4. The van der Waals surface area contributed by atoms with Crippen LogP contribution in [0.2, 0.25) is 0 Å². The number of carbonyl (C=O) groups excluding carboxylic acids is 1. The molecule has 106 valence electrons. The Hall–Kier alpha value is -1.64. The topological polar surface area (TPSA) is 119 Å². The Morgan fingerprint density at radius 3 is 2.37 bits per heavy atom. The van der Waals surface area contributed by atoms with Crippen molar-refractivity contribution in [3.05, 3.63) is 29.8 Å². The zero-order chi connectivity index (χ0) is 14.5. The molecule has 0 spiro atoms. The summed E-state index contributed by atoms with van der Waals surface area (Å²) in [5.74, 6) is -0.561. The minimum absolute atomic E-state index is 0.319. The highest BCUT2D eigenvalue weighted by Crippen LogP contribution is 2.12. The summed E-state index contributed by atoms with van der Waals surface area (Å²) in [7, 11) is -2.14. The van der Waals surface area contributed by atoms with Crippen LogP contribution in [-0.4, -0.2) is 38.8 Å². The van der Waals surface area contributed by atoms with Crippen LogP contribution in [0.3, 0.4) is 0 Å². The maximum absolute atomic E-state index is 11.9. The summed E-state index contributed by atoms with van der Waals surface area (Å²) >= 11 is 0. The minimum atomic E-state index is -3.61. The molecule has 0 aromatic heterocycles. The number of carbonyl (C=O) groups is 1. The van der Waals surface area contributed by atoms with E-state index in [1.807, 2.05) is 0 Å². The third kappa shape index (κ3) is 4.51. The smallest absolute Gasteiger partial charge is 0.301 e. The number of anilines is 1. The van der Waals surface area contributed by atoms with Crippen LogP contribution < -0.4 is 16.2 Å². The first-order valence-electron chi connectivity index (χ1n) is 5.71. The fraction of sp³-hybridized carbons (Fsp3) is 0.364. The summed E-state index contributed by atoms with van der Waals surface area (Å²) < 4.78 is 27.4. The summed E-state index contributed by atoms with van der Waals surface area (Å²) in [6.07, 6.45) is 0.581. The van der Waals surface area contributed by atoms with Crippen LogP contribution in [0.25, 0.3) is 0 Å². The largest absolute Gasteiger partial charge is 0.366 e. The summed E-state index contributed by atoms with van der Waals surface area (Å²) in [4.78, 5) is 10.9. The Morgan fingerprint density at radius 2 is 1.89 bits per heavy atom. The van der Waals surface area contributed by atoms with E-state index in [-0.39, 0.29) is 0 Å². The zero-order valence-corrected chi connectivity index (χ0v) is 11.5. The molecule has 1 amide bonds. The molecule has 7 nitrogen and oxygen atoms in total. The third-order valence-electron chi connectivity index (χ3n) is 2.50. The first-order valence-corrected chi connectivity index (χ1v) is 7.15. The molecule has 5 N–H and O–H groups in total. The lowest BCUT2D eigenvalue weighted by atomic mass is 10.2. The van der Waals surface area contributed by atoms with Crippen LogP contribution in [0.1, 0.15) is 16.8 Å². The predicted molar refractivity (Wildman–Crippen MR) is 73.8 cm³/mol. The van der Waals surface area contributed by atoms with Crippen LogP contribution in [-0.2, 0) is 10.2 Å². The van der Waals surface area contributed by atoms with Gasteiger partial charge in [0.25, 0.3) is 0 Å². The van der Waals surface area contributed by atoms with E-state index in [4.69, 9.17) is 11.5 Å². The average Bonchev–Trinajstić information content (AvgIpc) is 2.36. The summed E-state index contributed by atoms with van der Waals surface area (Å²) in [5.41, 5.74) is 11.1. The summed E-state index contributed by atoms with van der Waals surface area (Å²) in [5, 5.41) is 0. The van der Waals surface area contributed by atoms with Crippen LogP contribution in [0, 0.1) is 0 Å². The van der Waals surface area contributed by atoms with Gasteiger partial charge in [0.15, 0.2) is 0 Å². The molecule has 0 aliphatic rings. The molecule has 8 heteroatoms. The highest BCUT2D eigenvalue weighted by molar-refractivity contribution is 7.90. The SMILES string of the molecule is CN(CCCN)S(=O)(=O)Nc1ccc(C(N)=O)cc1. The molecule has 19 heavy (non-hydrogen) atoms. The van der Waals surface area contributed by atoms with Crippen LogP contribution >= 0.6 is 0 Å². The van der Waals surface area contributed by atoms with Crippen molar-refractivity contribution in [2.75, 3.05) is 24.9 Å². The zero-order valence-electron chi connectivity index (χ0n) is 10.7. The van der Waals surface area contributed by atoms with Gasteiger partial charge in [-0.2, -0.15) is 12.7 Å². The summed E-state index contributed by atoms with van der Waals surface area (Å²) in [6, 6.07) is 5.88. The van der Waals surface area contributed by atoms with Crippen molar-refractivity contribution in [2.45, 2.75) is 6.42 Å². The molecule has 0 radical (unpaired) electrons. The van der Waals surface area contributed by atoms with E-state index in [0.29, 0.717) is 30.8 Å². The summed E-state index contributed by atoms with van der Waals surface area (Å²) in [6.45, 7) is 0.762.